The van der Waals surface area contributed by atoms with Crippen LogP contribution in [0.1, 0.15) is 13.8 Å². The number of aliphatic hydroxyl groups excluding tert-OH is 2. The summed E-state index contributed by atoms with van der Waals surface area (Å²) in [5, 5.41) is 55.6. The van der Waals surface area contributed by atoms with Crippen LogP contribution < -0.4 is 144 Å². The summed E-state index contributed by atoms with van der Waals surface area (Å²) in [4.78, 5) is 72.2. The molecule has 0 aliphatic heterocycles. The minimum atomic E-state index is -1.41. The number of ether oxygens (including phenoxy) is 2. The van der Waals surface area contributed by atoms with Crippen LogP contribution in [0.4, 0.5) is 0 Å². The Morgan fingerprint density at radius 3 is 1.60 bits per heavy atom. The van der Waals surface area contributed by atoms with E-state index in [0.29, 0.717) is 13.1 Å². The molecule has 0 aromatic carbocycles. The number of rotatable bonds is 22. The molecule has 48 heavy (non-hydrogen) atoms. The zero-order valence-electron chi connectivity index (χ0n) is 28.7. The summed E-state index contributed by atoms with van der Waals surface area (Å²) in [6.07, 6.45) is -0.581. The van der Waals surface area contributed by atoms with Gasteiger partial charge in [-0.05, 0) is 20.4 Å². The van der Waals surface area contributed by atoms with Gasteiger partial charge >= 0.3 is 136 Å². The van der Waals surface area contributed by atoms with Gasteiger partial charge in [0.05, 0.1) is 30.6 Å². The summed E-state index contributed by atoms with van der Waals surface area (Å²) < 4.78 is 9.62. The first-order valence-corrected chi connectivity index (χ1v) is 12.7. The molecule has 0 saturated heterocycles. The van der Waals surface area contributed by atoms with E-state index < -0.39 is 55.1 Å². The zero-order chi connectivity index (χ0) is 34.7. The number of carbonyl (C=O) groups excluding carboxylic acids is 7. The number of aliphatic carboxylic acids is 3. The molecule has 0 aromatic heterocycles. The smallest absolute Gasteiger partial charge is 0.549 e. The number of carbonyl (C=O) groups is 5. The van der Waals surface area contributed by atoms with Crippen molar-refractivity contribution in [1.82, 2.24) is 20.4 Å². The maximum Gasteiger partial charge on any atom is 1.00 e. The van der Waals surface area contributed by atoms with Crippen molar-refractivity contribution < 1.29 is 187 Å². The summed E-state index contributed by atoms with van der Waals surface area (Å²) in [7, 11) is 3.50. The number of nitrogens with zero attached hydrogens (tertiary/aromatic N) is 2. The molecule has 0 fully saturated rings. The number of esters is 2. The molecule has 0 saturated carbocycles. The van der Waals surface area contributed by atoms with Gasteiger partial charge in [0.25, 0.3) is 0 Å². The third kappa shape index (κ3) is 46.0. The molecule has 0 aromatic rings. The quantitative estimate of drug-likeness (QED) is 0.0265. The van der Waals surface area contributed by atoms with Crippen molar-refractivity contribution in [2.45, 2.75) is 26.0 Å². The first kappa shape index (κ1) is 63.0. The van der Waals surface area contributed by atoms with Crippen LogP contribution in [0.25, 0.3) is 0 Å². The Morgan fingerprint density at radius 1 is 0.812 bits per heavy atom. The predicted molar refractivity (Wildman–Crippen MR) is 143 cm³/mol. The molecule has 0 aliphatic carbocycles. The molecular formula is C26H40N4Na4O14. The second-order valence-electron chi connectivity index (χ2n) is 8.91. The van der Waals surface area contributed by atoms with E-state index in [-0.39, 0.29) is 182 Å². The molecule has 0 radical (unpaired) electrons. The Hall–Kier alpha value is -0.0300. The van der Waals surface area contributed by atoms with Gasteiger partial charge in [-0.3, -0.25) is 11.9 Å². The SMILES string of the molecule is C=C(C)C(=O)OCC(CO)NCCN(CC(=O)[O-])CC(=O)[O-].C=C(C)C(=O)OCC(O)CNCCN([CH2-])CC(=O)[O-].O=C=O.[Na+].[Na+].[Na+].[Na+]. The van der Waals surface area contributed by atoms with Gasteiger partial charge in [-0.1, -0.05) is 13.2 Å². The summed E-state index contributed by atoms with van der Waals surface area (Å²) >= 11 is 0. The van der Waals surface area contributed by atoms with Gasteiger partial charge in [0.2, 0.25) is 0 Å². The van der Waals surface area contributed by atoms with E-state index in [1.54, 1.807) is 0 Å². The van der Waals surface area contributed by atoms with Crippen molar-refractivity contribution in [2.75, 3.05) is 72.2 Å². The fraction of sp³-hybridized carbons (Fsp3) is 0.577. The second kappa shape index (κ2) is 41.4. The molecule has 0 rings (SSSR count). The molecule has 18 nitrogen and oxygen atoms in total. The van der Waals surface area contributed by atoms with Crippen LogP contribution in [0, 0.1) is 7.05 Å². The maximum absolute atomic E-state index is 11.2. The monoisotopic (exact) mass is 724 g/mol. The normalized spacial score (nSPS) is 10.5. The molecule has 0 spiro atoms. The van der Waals surface area contributed by atoms with Gasteiger partial charge in [0.15, 0.2) is 0 Å². The van der Waals surface area contributed by atoms with Crippen LogP contribution in [-0.4, -0.2) is 140 Å². The minimum absolute atomic E-state index is 0. The number of carboxylic acids is 3. The van der Waals surface area contributed by atoms with Gasteiger partial charge in [-0.2, -0.15) is 9.59 Å². The fourth-order valence-corrected chi connectivity index (χ4v) is 2.60. The predicted octanol–water partition coefficient (Wildman–Crippen LogP) is -18.8. The molecule has 0 bridgehead atoms. The molecular weight excluding hydrogens is 684 g/mol. The average Bonchev–Trinajstić information content (AvgIpc) is 2.90. The largest absolute Gasteiger partial charge is 1.00 e. The summed E-state index contributed by atoms with van der Waals surface area (Å²) in [6.45, 7) is 9.27. The molecule has 22 heteroatoms. The Balaban J connectivity index is -0.000000121. The van der Waals surface area contributed by atoms with Crippen LogP contribution in [0.2, 0.25) is 0 Å². The molecule has 4 N–H and O–H groups in total. The van der Waals surface area contributed by atoms with Crippen LogP contribution in [0.5, 0.6) is 0 Å². The zero-order valence-corrected chi connectivity index (χ0v) is 36.7. The van der Waals surface area contributed by atoms with E-state index in [0.717, 1.165) is 4.90 Å². The number of aliphatic hydroxyl groups is 2. The van der Waals surface area contributed by atoms with E-state index in [2.05, 4.69) is 30.8 Å². The number of nitrogens with one attached hydrogen (secondary N) is 2. The Morgan fingerprint density at radius 2 is 1.23 bits per heavy atom. The van der Waals surface area contributed by atoms with Crippen LogP contribution in [0.3, 0.4) is 0 Å². The van der Waals surface area contributed by atoms with Gasteiger partial charge in [-0.15, -0.1) is 0 Å². The number of carboxylic acid groups (broad SMARTS) is 3. The van der Waals surface area contributed by atoms with Crippen molar-refractivity contribution in [2.24, 2.45) is 0 Å². The van der Waals surface area contributed by atoms with Crippen molar-refractivity contribution in [3.05, 3.63) is 31.4 Å². The average molecular weight is 725 g/mol. The first-order chi connectivity index (χ1) is 20.5. The standard InChI is InChI=1S/C13H22N2O7.C12H21N2O5.CO2.4Na/c1-9(2)13(21)22-8-10(7-16)14-3-4-15(5-11(17)18)6-12(19)20;1-9(2)12(18)19-8-10(15)6-13-4-5-14(3)7-11(16)17;2-1-3;;;;/h10,14,16H,1,3-8H2,2H3,(H,17,18)(H,19,20);10,13,15H,1,3-8H2,2H3,(H,16,17);;;;;/q;-1;;4*+1/p-3. The summed E-state index contributed by atoms with van der Waals surface area (Å²) in [5.74, 6) is -5.14. The van der Waals surface area contributed by atoms with Gasteiger partial charge in [-0.25, -0.2) is 9.59 Å². The third-order valence-corrected chi connectivity index (χ3v) is 4.64. The molecule has 2 unspecified atom stereocenters. The summed E-state index contributed by atoms with van der Waals surface area (Å²) in [6, 6.07) is -0.559. The molecule has 0 heterocycles. The minimum Gasteiger partial charge on any atom is -0.549 e. The Bertz CT molecular complexity index is 957. The molecule has 252 valence electrons. The van der Waals surface area contributed by atoms with E-state index in [1.807, 2.05) is 0 Å². The van der Waals surface area contributed by atoms with Crippen molar-refractivity contribution in [1.29, 1.82) is 0 Å². The number of hydrogen-bond acceptors (Lipinski definition) is 18. The van der Waals surface area contributed by atoms with Gasteiger partial charge in [0.1, 0.15) is 19.3 Å². The number of hydrogen-bond donors (Lipinski definition) is 4. The van der Waals surface area contributed by atoms with Crippen molar-refractivity contribution >= 4 is 36.0 Å². The van der Waals surface area contributed by atoms with Gasteiger partial charge < -0.3 is 64.9 Å². The van der Waals surface area contributed by atoms with Gasteiger partial charge in [0, 0.05) is 57.0 Å². The third-order valence-electron chi connectivity index (χ3n) is 4.64. The Labute approximate surface area is 368 Å². The van der Waals surface area contributed by atoms with E-state index in [1.165, 1.54) is 18.7 Å². The first-order valence-electron chi connectivity index (χ1n) is 12.7. The van der Waals surface area contributed by atoms with E-state index in [9.17, 15) is 44.4 Å². The van der Waals surface area contributed by atoms with Crippen molar-refractivity contribution in [3.8, 4) is 0 Å². The molecule has 2 atom stereocenters. The van der Waals surface area contributed by atoms with Crippen molar-refractivity contribution in [3.63, 3.8) is 0 Å². The second-order valence-corrected chi connectivity index (χ2v) is 8.91. The molecule has 0 amide bonds. The molecule has 0 aliphatic rings. The summed E-state index contributed by atoms with van der Waals surface area (Å²) in [5.41, 5.74) is 0.501. The fourth-order valence-electron chi connectivity index (χ4n) is 2.60. The van der Waals surface area contributed by atoms with E-state index in [4.69, 9.17) is 24.2 Å². The van der Waals surface area contributed by atoms with E-state index >= 15 is 0 Å². The topological polar surface area (TPSA) is 278 Å². The maximum atomic E-state index is 11.2. The van der Waals surface area contributed by atoms with Crippen LogP contribution in [-0.2, 0) is 43.0 Å². The van der Waals surface area contributed by atoms with Crippen LogP contribution in [0.15, 0.2) is 24.3 Å². The van der Waals surface area contributed by atoms with Crippen LogP contribution >= 0.6 is 0 Å². The Kier molecular flexibility index (Phi) is 54.4.